The molecule has 4 heteroatoms. The highest BCUT2D eigenvalue weighted by molar-refractivity contribution is 5.74. The number of carbonyl (C=O) groups is 1. The third-order valence-corrected chi connectivity index (χ3v) is 6.35. The number of fused-ring (bicyclic) bond motifs is 4. The molecule has 0 saturated heterocycles. The number of allylic oxidation sites excluding steroid dienone is 4. The zero-order valence-corrected chi connectivity index (χ0v) is 14.2. The largest absolute Gasteiger partial charge is 0.465 e. The highest BCUT2D eigenvalue weighted by Gasteiger charge is 2.41. The van der Waals surface area contributed by atoms with E-state index in [1.807, 2.05) is 0 Å². The van der Waals surface area contributed by atoms with Gasteiger partial charge in [0.2, 0.25) is 0 Å². The third-order valence-electron chi connectivity index (χ3n) is 6.35. The zero-order valence-electron chi connectivity index (χ0n) is 14.2. The normalized spacial score (nSPS) is 39.7. The number of esters is 1. The van der Waals surface area contributed by atoms with Crippen LogP contribution in [-0.2, 0) is 14.3 Å². The highest BCUT2D eigenvalue weighted by Crippen LogP contribution is 2.45. The quantitative estimate of drug-likeness (QED) is 0.321. The van der Waals surface area contributed by atoms with Gasteiger partial charge in [-0.25, -0.2) is 0 Å². The Hall–Kier alpha value is -1.13. The van der Waals surface area contributed by atoms with Crippen molar-refractivity contribution in [3.05, 3.63) is 24.3 Å². The first kappa shape index (κ1) is 16.3. The Morgan fingerprint density at radius 1 is 0.958 bits per heavy atom. The van der Waals surface area contributed by atoms with E-state index in [2.05, 4.69) is 24.3 Å². The zero-order chi connectivity index (χ0) is 16.5. The van der Waals surface area contributed by atoms with Crippen molar-refractivity contribution in [2.45, 2.75) is 44.8 Å². The monoisotopic (exact) mass is 332 g/mol. The van der Waals surface area contributed by atoms with E-state index in [-0.39, 0.29) is 17.8 Å². The average molecular weight is 332 g/mol. The van der Waals surface area contributed by atoms with Gasteiger partial charge in [-0.3, -0.25) is 4.79 Å². The molecule has 132 valence electrons. The second kappa shape index (κ2) is 7.01. The number of aliphatic hydroxyl groups excluding tert-OH is 1. The molecular formula is C20H28O4. The van der Waals surface area contributed by atoms with Crippen LogP contribution in [0.15, 0.2) is 24.3 Å². The molecule has 4 aliphatic rings. The molecule has 0 aromatic rings. The number of aliphatic hydroxyl groups is 1. The van der Waals surface area contributed by atoms with Crippen molar-refractivity contribution in [2.24, 2.45) is 35.5 Å². The van der Waals surface area contributed by atoms with Crippen molar-refractivity contribution < 1.29 is 19.4 Å². The lowest BCUT2D eigenvalue weighted by Crippen LogP contribution is -2.27. The van der Waals surface area contributed by atoms with E-state index < -0.39 is 6.29 Å². The molecular weight excluding hydrogens is 304 g/mol. The number of hydrogen-bond acceptors (Lipinski definition) is 4. The first-order valence-corrected chi connectivity index (χ1v) is 9.53. The van der Waals surface area contributed by atoms with Gasteiger partial charge in [0.05, 0.1) is 12.5 Å². The van der Waals surface area contributed by atoms with Gasteiger partial charge in [0, 0.05) is 12.5 Å². The van der Waals surface area contributed by atoms with Crippen LogP contribution >= 0.6 is 0 Å². The van der Waals surface area contributed by atoms with Crippen LogP contribution in [0.25, 0.3) is 0 Å². The van der Waals surface area contributed by atoms with E-state index in [1.165, 1.54) is 6.42 Å². The van der Waals surface area contributed by atoms with E-state index in [4.69, 9.17) is 9.47 Å². The smallest absolute Gasteiger partial charge is 0.309 e. The fourth-order valence-electron chi connectivity index (χ4n) is 5.01. The van der Waals surface area contributed by atoms with Gasteiger partial charge >= 0.3 is 5.97 Å². The van der Waals surface area contributed by atoms with Gasteiger partial charge in [0.1, 0.15) is 0 Å². The molecule has 24 heavy (non-hydrogen) atoms. The Bertz CT molecular complexity index is 526. The van der Waals surface area contributed by atoms with Gasteiger partial charge in [-0.15, -0.1) is 0 Å². The van der Waals surface area contributed by atoms with Crippen molar-refractivity contribution in [3.8, 4) is 0 Å². The molecule has 0 spiro atoms. The predicted octanol–water partition coefficient (Wildman–Crippen LogP) is 3.07. The van der Waals surface area contributed by atoms with Crippen LogP contribution in [0.1, 0.15) is 38.5 Å². The Morgan fingerprint density at radius 2 is 1.67 bits per heavy atom. The molecule has 0 aliphatic heterocycles. The maximum absolute atomic E-state index is 12.1. The molecule has 0 heterocycles. The maximum Gasteiger partial charge on any atom is 0.309 e. The van der Waals surface area contributed by atoms with E-state index in [9.17, 15) is 9.90 Å². The van der Waals surface area contributed by atoms with Gasteiger partial charge in [-0.1, -0.05) is 24.3 Å². The molecule has 0 radical (unpaired) electrons. The Kier molecular flexibility index (Phi) is 4.77. The first-order valence-electron chi connectivity index (χ1n) is 9.53. The second-order valence-corrected chi connectivity index (χ2v) is 7.97. The molecule has 2 fully saturated rings. The van der Waals surface area contributed by atoms with Crippen LogP contribution in [0.2, 0.25) is 0 Å². The summed E-state index contributed by atoms with van der Waals surface area (Å²) in [7, 11) is 0. The summed E-state index contributed by atoms with van der Waals surface area (Å²) in [6.07, 6.45) is 14.2. The third kappa shape index (κ3) is 3.31. The molecule has 2 saturated carbocycles. The molecule has 1 N–H and O–H groups in total. The lowest BCUT2D eigenvalue weighted by Gasteiger charge is -2.24. The molecule has 0 aromatic heterocycles. The number of unbranched alkanes of at least 4 members (excludes halogenated alkanes) is 1. The minimum Gasteiger partial charge on any atom is -0.465 e. The summed E-state index contributed by atoms with van der Waals surface area (Å²) in [5.41, 5.74) is 0. The molecule has 4 rings (SSSR count). The molecule has 4 bridgehead atoms. The lowest BCUT2D eigenvalue weighted by molar-refractivity contribution is -0.151. The fourth-order valence-corrected chi connectivity index (χ4v) is 5.01. The number of ether oxygens (including phenoxy) is 2. The Morgan fingerprint density at radius 3 is 2.29 bits per heavy atom. The van der Waals surface area contributed by atoms with Crippen LogP contribution in [0.5, 0.6) is 0 Å². The predicted molar refractivity (Wildman–Crippen MR) is 89.8 cm³/mol. The van der Waals surface area contributed by atoms with Gasteiger partial charge in [0.25, 0.3) is 0 Å². The highest BCUT2D eigenvalue weighted by atomic mass is 16.6. The van der Waals surface area contributed by atoms with Gasteiger partial charge in [-0.2, -0.15) is 0 Å². The topological polar surface area (TPSA) is 55.8 Å². The van der Waals surface area contributed by atoms with Crippen molar-refractivity contribution >= 4 is 5.97 Å². The van der Waals surface area contributed by atoms with E-state index in [0.29, 0.717) is 36.9 Å². The minimum absolute atomic E-state index is 0.0263. The Labute approximate surface area is 143 Å². The van der Waals surface area contributed by atoms with Gasteiger partial charge in [-0.05, 0) is 62.2 Å². The van der Waals surface area contributed by atoms with Crippen LogP contribution in [0.3, 0.4) is 0 Å². The number of hydrogen-bond donors (Lipinski definition) is 1. The van der Waals surface area contributed by atoms with E-state index in [1.54, 1.807) is 0 Å². The number of rotatable bonds is 8. The van der Waals surface area contributed by atoms with Crippen LogP contribution < -0.4 is 0 Å². The van der Waals surface area contributed by atoms with Crippen LogP contribution in [0.4, 0.5) is 0 Å². The van der Waals surface area contributed by atoms with Crippen molar-refractivity contribution in [1.82, 2.24) is 0 Å². The lowest BCUT2D eigenvalue weighted by atomic mass is 9.93. The first-order chi connectivity index (χ1) is 11.7. The fraction of sp³-hybridized carbons (Fsp3) is 0.750. The molecule has 7 atom stereocenters. The summed E-state index contributed by atoms with van der Waals surface area (Å²) in [6, 6.07) is 0. The van der Waals surface area contributed by atoms with E-state index in [0.717, 1.165) is 32.1 Å². The molecule has 0 amide bonds. The van der Waals surface area contributed by atoms with Gasteiger partial charge in [0.15, 0.2) is 6.29 Å². The molecule has 4 nitrogen and oxygen atoms in total. The summed E-state index contributed by atoms with van der Waals surface area (Å²) in [5, 5.41) is 10.2. The standard InChI is InChI=1S/C20H28O4/c21-19(17-11-13-3-5-15(17)9-13)23-7-1-2-8-24-20(22)18-12-14-4-6-16(18)10-14/h3-6,13-19,21H,1-2,7-12H2. The van der Waals surface area contributed by atoms with E-state index >= 15 is 0 Å². The summed E-state index contributed by atoms with van der Waals surface area (Å²) in [5.74, 6) is 2.49. The molecule has 0 aromatic carbocycles. The SMILES string of the molecule is O=C(OCCCCOC(O)C1CC2C=CC1C2)C1CC2C=CC1C2. The van der Waals surface area contributed by atoms with Gasteiger partial charge < -0.3 is 14.6 Å². The van der Waals surface area contributed by atoms with Crippen molar-refractivity contribution in [2.75, 3.05) is 13.2 Å². The van der Waals surface area contributed by atoms with Crippen molar-refractivity contribution in [1.29, 1.82) is 0 Å². The summed E-state index contributed by atoms with van der Waals surface area (Å²) in [6.45, 7) is 1.000. The Balaban J connectivity index is 1.07. The number of carbonyl (C=O) groups excluding carboxylic acids is 1. The summed E-state index contributed by atoms with van der Waals surface area (Å²) < 4.78 is 11.0. The second-order valence-electron chi connectivity index (χ2n) is 7.97. The summed E-state index contributed by atoms with van der Waals surface area (Å²) >= 11 is 0. The maximum atomic E-state index is 12.1. The molecule has 7 unspecified atom stereocenters. The average Bonchev–Trinajstić information content (AvgIpc) is 3.37. The van der Waals surface area contributed by atoms with Crippen LogP contribution in [0, 0.1) is 35.5 Å². The van der Waals surface area contributed by atoms with Crippen molar-refractivity contribution in [3.63, 3.8) is 0 Å². The minimum atomic E-state index is -0.645. The summed E-state index contributed by atoms with van der Waals surface area (Å²) in [4.78, 5) is 12.1. The van der Waals surface area contributed by atoms with Crippen LogP contribution in [-0.4, -0.2) is 30.6 Å². The molecule has 4 aliphatic carbocycles.